The Labute approximate surface area is 188 Å². The van der Waals surface area contributed by atoms with Crippen molar-refractivity contribution in [1.29, 1.82) is 0 Å². The first kappa shape index (κ1) is 22.0. The maximum absolute atomic E-state index is 13.0. The molecule has 2 aromatic rings. The molecule has 6 nitrogen and oxygen atoms in total. The van der Waals surface area contributed by atoms with Crippen molar-refractivity contribution < 1.29 is 9.59 Å². The van der Waals surface area contributed by atoms with E-state index < -0.39 is 6.04 Å². The fourth-order valence-corrected chi connectivity index (χ4v) is 5.02. The van der Waals surface area contributed by atoms with Gasteiger partial charge in [-0.3, -0.25) is 14.5 Å². The molecule has 1 aliphatic heterocycles. The minimum atomic E-state index is -0.409. The van der Waals surface area contributed by atoms with Gasteiger partial charge in [-0.2, -0.15) is 0 Å². The summed E-state index contributed by atoms with van der Waals surface area (Å²) in [6, 6.07) is 12.6. The zero-order valence-corrected chi connectivity index (χ0v) is 18.9. The highest BCUT2D eigenvalue weighted by Gasteiger charge is 2.45. The van der Waals surface area contributed by atoms with Crippen LogP contribution < -0.4 is 11.1 Å². The predicted molar refractivity (Wildman–Crippen MR) is 123 cm³/mol. The van der Waals surface area contributed by atoms with E-state index in [4.69, 9.17) is 5.73 Å². The molecule has 2 fully saturated rings. The molecule has 1 aromatic carbocycles. The predicted octanol–water partition coefficient (Wildman–Crippen LogP) is 2.51. The second-order valence-electron chi connectivity index (χ2n) is 8.72. The number of nitrogens with one attached hydrogen (secondary N) is 1. The number of rotatable bonds is 9. The number of hydrogen-bond acceptors (Lipinski definition) is 5. The van der Waals surface area contributed by atoms with Gasteiger partial charge in [-0.15, -0.1) is 11.3 Å². The van der Waals surface area contributed by atoms with Crippen molar-refractivity contribution in [2.45, 2.75) is 51.4 Å². The van der Waals surface area contributed by atoms with Gasteiger partial charge in [-0.05, 0) is 43.2 Å². The zero-order valence-electron chi connectivity index (χ0n) is 18.1. The molecule has 4 rings (SSSR count). The maximum atomic E-state index is 13.0. The monoisotopic (exact) mass is 440 g/mol. The standard InChI is InChI=1S/C24H32N4O2S/c1-17-4-6-18(7-5-17)14-27(16-21-3-2-12-31-21)20-13-22(23(29)26-11-10-25)28(15-20)24(30)19-8-9-19/h2-7,12,19-20,22H,8-11,13-16,25H2,1H3,(H,26,29). The van der Waals surface area contributed by atoms with Crippen LogP contribution >= 0.6 is 11.3 Å². The number of carbonyl (C=O) groups is 2. The lowest BCUT2D eigenvalue weighted by atomic mass is 10.1. The minimum absolute atomic E-state index is 0.0756. The van der Waals surface area contributed by atoms with E-state index in [0.29, 0.717) is 26.1 Å². The van der Waals surface area contributed by atoms with Gasteiger partial charge in [0.25, 0.3) is 0 Å². The molecule has 166 valence electrons. The highest BCUT2D eigenvalue weighted by molar-refractivity contribution is 7.09. The normalized spacial score (nSPS) is 20.9. The molecule has 31 heavy (non-hydrogen) atoms. The van der Waals surface area contributed by atoms with Crippen molar-refractivity contribution in [3.05, 3.63) is 57.8 Å². The second-order valence-corrected chi connectivity index (χ2v) is 9.75. The lowest BCUT2D eigenvalue weighted by molar-refractivity contribution is -0.139. The van der Waals surface area contributed by atoms with E-state index in [-0.39, 0.29) is 23.8 Å². The highest BCUT2D eigenvalue weighted by atomic mass is 32.1. The SMILES string of the molecule is Cc1ccc(CN(Cc2cccs2)C2CC(C(=O)NCCN)N(C(=O)C3CC3)C2)cc1. The summed E-state index contributed by atoms with van der Waals surface area (Å²) < 4.78 is 0. The molecule has 2 amide bonds. The molecule has 0 bridgehead atoms. The highest BCUT2D eigenvalue weighted by Crippen LogP contribution is 2.35. The second kappa shape index (κ2) is 9.94. The summed E-state index contributed by atoms with van der Waals surface area (Å²) >= 11 is 1.75. The number of hydrogen-bond donors (Lipinski definition) is 2. The van der Waals surface area contributed by atoms with Crippen LogP contribution in [0.3, 0.4) is 0 Å². The average Bonchev–Trinajstić information content (AvgIpc) is 3.31. The molecule has 2 unspecified atom stereocenters. The molecule has 1 saturated carbocycles. The Hall–Kier alpha value is -2.22. The topological polar surface area (TPSA) is 78.7 Å². The molecule has 1 saturated heterocycles. The number of nitrogens with two attached hydrogens (primary N) is 1. The van der Waals surface area contributed by atoms with Crippen LogP contribution in [-0.4, -0.2) is 53.3 Å². The van der Waals surface area contributed by atoms with Crippen LogP contribution in [0, 0.1) is 12.8 Å². The van der Waals surface area contributed by atoms with Crippen LogP contribution in [0.15, 0.2) is 41.8 Å². The summed E-state index contributed by atoms with van der Waals surface area (Å²) in [6.45, 7) is 5.15. The lowest BCUT2D eigenvalue weighted by Gasteiger charge is -2.28. The van der Waals surface area contributed by atoms with Crippen molar-refractivity contribution >= 4 is 23.2 Å². The molecular formula is C24H32N4O2S. The van der Waals surface area contributed by atoms with Crippen LogP contribution in [0.2, 0.25) is 0 Å². The van der Waals surface area contributed by atoms with Crippen LogP contribution in [0.1, 0.15) is 35.3 Å². The summed E-state index contributed by atoms with van der Waals surface area (Å²) in [5, 5.41) is 5.00. The van der Waals surface area contributed by atoms with Gasteiger partial charge in [0.2, 0.25) is 11.8 Å². The van der Waals surface area contributed by atoms with E-state index in [2.05, 4.69) is 58.9 Å². The lowest BCUT2D eigenvalue weighted by Crippen LogP contribution is -2.47. The van der Waals surface area contributed by atoms with Crippen LogP contribution in [0.25, 0.3) is 0 Å². The van der Waals surface area contributed by atoms with Gasteiger partial charge in [0.1, 0.15) is 6.04 Å². The fourth-order valence-electron chi connectivity index (χ4n) is 4.29. The first-order chi connectivity index (χ1) is 15.0. The first-order valence-corrected chi connectivity index (χ1v) is 12.0. The number of likely N-dealkylation sites (tertiary alicyclic amines) is 1. The molecule has 0 radical (unpaired) electrons. The Morgan fingerprint density at radius 2 is 1.97 bits per heavy atom. The van der Waals surface area contributed by atoms with Gasteiger partial charge in [0.05, 0.1) is 0 Å². The number of nitrogens with zero attached hydrogens (tertiary/aromatic N) is 2. The maximum Gasteiger partial charge on any atom is 0.242 e. The van der Waals surface area contributed by atoms with Gasteiger partial charge in [-0.1, -0.05) is 35.9 Å². The number of benzene rings is 1. The summed E-state index contributed by atoms with van der Waals surface area (Å²) in [7, 11) is 0. The Bertz CT molecular complexity index is 879. The van der Waals surface area contributed by atoms with Crippen molar-refractivity contribution in [3.63, 3.8) is 0 Å². The first-order valence-electron chi connectivity index (χ1n) is 11.2. The third kappa shape index (κ3) is 5.53. The van der Waals surface area contributed by atoms with E-state index in [1.807, 2.05) is 4.90 Å². The molecule has 3 N–H and O–H groups in total. The minimum Gasteiger partial charge on any atom is -0.353 e. The van der Waals surface area contributed by atoms with Crippen LogP contribution in [0.5, 0.6) is 0 Å². The Morgan fingerprint density at radius 1 is 1.19 bits per heavy atom. The van der Waals surface area contributed by atoms with E-state index >= 15 is 0 Å². The Kier molecular flexibility index (Phi) is 7.05. The smallest absolute Gasteiger partial charge is 0.242 e. The van der Waals surface area contributed by atoms with Crippen molar-refractivity contribution in [1.82, 2.24) is 15.1 Å². The van der Waals surface area contributed by atoms with E-state index in [1.54, 1.807) is 11.3 Å². The van der Waals surface area contributed by atoms with Gasteiger partial charge < -0.3 is 16.0 Å². The Balaban J connectivity index is 1.54. The summed E-state index contributed by atoms with van der Waals surface area (Å²) in [4.78, 5) is 31.4. The van der Waals surface area contributed by atoms with Gasteiger partial charge in [0.15, 0.2) is 0 Å². The molecule has 1 aliphatic carbocycles. The van der Waals surface area contributed by atoms with Crippen molar-refractivity contribution in [2.75, 3.05) is 19.6 Å². The number of carbonyl (C=O) groups excluding carboxylic acids is 2. The van der Waals surface area contributed by atoms with E-state index in [1.165, 1.54) is 16.0 Å². The molecule has 1 aromatic heterocycles. The summed E-state index contributed by atoms with van der Waals surface area (Å²) in [5.41, 5.74) is 8.06. The van der Waals surface area contributed by atoms with Crippen LogP contribution in [-0.2, 0) is 22.7 Å². The van der Waals surface area contributed by atoms with Crippen molar-refractivity contribution in [2.24, 2.45) is 11.7 Å². The molecule has 7 heteroatoms. The average molecular weight is 441 g/mol. The van der Waals surface area contributed by atoms with Gasteiger partial charge in [0, 0.05) is 49.6 Å². The third-order valence-electron chi connectivity index (χ3n) is 6.20. The summed E-state index contributed by atoms with van der Waals surface area (Å²) in [6.07, 6.45) is 2.55. The van der Waals surface area contributed by atoms with E-state index in [0.717, 1.165) is 25.9 Å². The van der Waals surface area contributed by atoms with Crippen LogP contribution in [0.4, 0.5) is 0 Å². The number of thiophene rings is 1. The Morgan fingerprint density at radius 3 is 2.61 bits per heavy atom. The molecule has 2 atom stereocenters. The fraction of sp³-hybridized carbons (Fsp3) is 0.500. The third-order valence-corrected chi connectivity index (χ3v) is 7.06. The molecule has 2 heterocycles. The largest absolute Gasteiger partial charge is 0.353 e. The van der Waals surface area contributed by atoms with Gasteiger partial charge in [-0.25, -0.2) is 0 Å². The zero-order chi connectivity index (χ0) is 21.8. The summed E-state index contributed by atoms with van der Waals surface area (Å²) in [5.74, 6) is 0.168. The number of amides is 2. The molecule has 2 aliphatic rings. The molecule has 0 spiro atoms. The molecular weight excluding hydrogens is 408 g/mol. The van der Waals surface area contributed by atoms with Crippen molar-refractivity contribution in [3.8, 4) is 0 Å². The number of aryl methyl sites for hydroxylation is 1. The van der Waals surface area contributed by atoms with Gasteiger partial charge >= 0.3 is 0 Å². The quantitative estimate of drug-likeness (QED) is 0.628. The van der Waals surface area contributed by atoms with E-state index in [9.17, 15) is 9.59 Å².